The summed E-state index contributed by atoms with van der Waals surface area (Å²) in [6, 6.07) is 5.79. The Morgan fingerprint density at radius 1 is 1.32 bits per heavy atom. The first-order valence-electron chi connectivity index (χ1n) is 7.60. The average Bonchev–Trinajstić information content (AvgIpc) is 3.26. The van der Waals surface area contributed by atoms with Crippen LogP contribution in [0.15, 0.2) is 33.9 Å². The fourth-order valence-corrected chi connectivity index (χ4v) is 5.79. The van der Waals surface area contributed by atoms with Crippen molar-refractivity contribution in [3.8, 4) is 10.4 Å². The standard InChI is InChI=1S/C16H19N3O3S3/c1-10-16(11(2)19(3)18-10)25(21,22)17-8-13(20)15-5-4-14(24-15)12-6-7-23-9-12/h4-7,9,13,17,20H,8H2,1-3H3. The minimum atomic E-state index is -3.73. The summed E-state index contributed by atoms with van der Waals surface area (Å²) < 4.78 is 29.1. The van der Waals surface area contributed by atoms with Crippen molar-refractivity contribution in [2.24, 2.45) is 7.05 Å². The Hall–Kier alpha value is -1.52. The van der Waals surface area contributed by atoms with Crippen molar-refractivity contribution in [2.75, 3.05) is 6.54 Å². The lowest BCUT2D eigenvalue weighted by molar-refractivity contribution is 0.186. The van der Waals surface area contributed by atoms with Gasteiger partial charge in [0.05, 0.1) is 11.4 Å². The molecule has 0 saturated carbocycles. The molecule has 0 saturated heterocycles. The van der Waals surface area contributed by atoms with Crippen LogP contribution in [0.2, 0.25) is 0 Å². The molecular weight excluding hydrogens is 378 g/mol. The molecule has 0 spiro atoms. The summed E-state index contributed by atoms with van der Waals surface area (Å²) in [6.07, 6.45) is -0.899. The Bertz CT molecular complexity index is 972. The van der Waals surface area contributed by atoms with Crippen LogP contribution >= 0.6 is 22.7 Å². The van der Waals surface area contributed by atoms with Gasteiger partial charge in [-0.25, -0.2) is 13.1 Å². The highest BCUT2D eigenvalue weighted by molar-refractivity contribution is 7.89. The van der Waals surface area contributed by atoms with Crippen LogP contribution in [-0.2, 0) is 17.1 Å². The molecule has 1 unspecified atom stereocenters. The van der Waals surface area contributed by atoms with Crippen molar-refractivity contribution in [2.45, 2.75) is 24.8 Å². The highest BCUT2D eigenvalue weighted by Gasteiger charge is 2.25. The van der Waals surface area contributed by atoms with Crippen molar-refractivity contribution < 1.29 is 13.5 Å². The lowest BCUT2D eigenvalue weighted by Gasteiger charge is -2.11. The number of thiophene rings is 2. The van der Waals surface area contributed by atoms with E-state index in [-0.39, 0.29) is 11.4 Å². The summed E-state index contributed by atoms with van der Waals surface area (Å²) in [7, 11) is -2.03. The normalized spacial score (nSPS) is 13.3. The van der Waals surface area contributed by atoms with E-state index in [1.807, 2.05) is 29.0 Å². The molecule has 0 amide bonds. The number of aliphatic hydroxyl groups excluding tert-OH is 1. The molecule has 3 aromatic rings. The third-order valence-corrected chi connectivity index (χ3v) is 7.53. The molecule has 1 atom stereocenters. The Labute approximate surface area is 154 Å². The Balaban J connectivity index is 1.72. The number of nitrogens with one attached hydrogen (secondary N) is 1. The van der Waals surface area contributed by atoms with Gasteiger partial charge in [0.2, 0.25) is 10.0 Å². The van der Waals surface area contributed by atoms with E-state index < -0.39 is 16.1 Å². The maximum atomic E-state index is 12.5. The zero-order valence-corrected chi connectivity index (χ0v) is 16.5. The predicted molar refractivity (Wildman–Crippen MR) is 100 cm³/mol. The minimum absolute atomic E-state index is 0.0836. The van der Waals surface area contributed by atoms with Gasteiger partial charge in [0.25, 0.3) is 0 Å². The van der Waals surface area contributed by atoms with Crippen molar-refractivity contribution in [3.05, 3.63) is 45.2 Å². The number of aromatic nitrogens is 2. The number of sulfonamides is 1. The molecule has 25 heavy (non-hydrogen) atoms. The maximum Gasteiger partial charge on any atom is 0.244 e. The van der Waals surface area contributed by atoms with Crippen LogP contribution in [0.3, 0.4) is 0 Å². The maximum absolute atomic E-state index is 12.5. The number of rotatable bonds is 6. The van der Waals surface area contributed by atoms with Crippen molar-refractivity contribution in [1.29, 1.82) is 0 Å². The van der Waals surface area contributed by atoms with Crippen LogP contribution in [0.4, 0.5) is 0 Å². The smallest absolute Gasteiger partial charge is 0.244 e. The molecular formula is C16H19N3O3S3. The van der Waals surface area contributed by atoms with Crippen molar-refractivity contribution in [3.63, 3.8) is 0 Å². The molecule has 0 radical (unpaired) electrons. The molecule has 0 bridgehead atoms. The predicted octanol–water partition coefficient (Wildman–Crippen LogP) is 2.84. The number of hydrogen-bond donors (Lipinski definition) is 2. The van der Waals surface area contributed by atoms with Gasteiger partial charge in [-0.2, -0.15) is 16.4 Å². The summed E-state index contributed by atoms with van der Waals surface area (Å²) in [5.74, 6) is 0. The first kappa shape index (κ1) is 18.3. The summed E-state index contributed by atoms with van der Waals surface area (Å²) in [5.41, 5.74) is 2.11. The van der Waals surface area contributed by atoms with E-state index in [0.29, 0.717) is 11.4 Å². The van der Waals surface area contributed by atoms with Gasteiger partial charge >= 0.3 is 0 Å². The summed E-state index contributed by atoms with van der Waals surface area (Å²) in [6.45, 7) is 3.28. The van der Waals surface area contributed by atoms with E-state index in [2.05, 4.69) is 9.82 Å². The molecule has 0 aliphatic rings. The second-order valence-electron chi connectivity index (χ2n) is 5.71. The molecule has 0 aliphatic carbocycles. The van der Waals surface area contributed by atoms with Crippen molar-refractivity contribution in [1.82, 2.24) is 14.5 Å². The van der Waals surface area contributed by atoms with Gasteiger partial charge in [-0.15, -0.1) is 11.3 Å². The van der Waals surface area contributed by atoms with Crippen LogP contribution in [0.1, 0.15) is 22.4 Å². The molecule has 0 aliphatic heterocycles. The third-order valence-electron chi connectivity index (χ3n) is 3.94. The topological polar surface area (TPSA) is 84.2 Å². The molecule has 3 aromatic heterocycles. The molecule has 0 fully saturated rings. The molecule has 9 heteroatoms. The number of aliphatic hydroxyl groups is 1. The quantitative estimate of drug-likeness (QED) is 0.670. The van der Waals surface area contributed by atoms with Gasteiger partial charge in [-0.1, -0.05) is 0 Å². The molecule has 0 aromatic carbocycles. The van der Waals surface area contributed by atoms with E-state index in [4.69, 9.17) is 0 Å². The van der Waals surface area contributed by atoms with E-state index in [0.717, 1.165) is 15.3 Å². The van der Waals surface area contributed by atoms with Gasteiger partial charge in [0, 0.05) is 28.9 Å². The molecule has 3 rings (SSSR count). The molecule has 134 valence electrons. The van der Waals surface area contributed by atoms with E-state index in [1.54, 1.807) is 32.2 Å². The second-order valence-corrected chi connectivity index (χ2v) is 9.30. The highest BCUT2D eigenvalue weighted by atomic mass is 32.2. The fourth-order valence-electron chi connectivity index (χ4n) is 2.60. The van der Waals surface area contributed by atoms with Crippen LogP contribution in [0.5, 0.6) is 0 Å². The van der Waals surface area contributed by atoms with E-state index >= 15 is 0 Å². The monoisotopic (exact) mass is 397 g/mol. The number of hydrogen-bond acceptors (Lipinski definition) is 6. The Morgan fingerprint density at radius 2 is 2.08 bits per heavy atom. The highest BCUT2D eigenvalue weighted by Crippen LogP contribution is 2.32. The Morgan fingerprint density at radius 3 is 2.68 bits per heavy atom. The lowest BCUT2D eigenvalue weighted by Crippen LogP contribution is -2.29. The van der Waals surface area contributed by atoms with Gasteiger partial charge in [-0.3, -0.25) is 4.68 Å². The SMILES string of the molecule is Cc1nn(C)c(C)c1S(=O)(=O)NCC(O)c1ccc(-c2ccsc2)s1. The summed E-state index contributed by atoms with van der Waals surface area (Å²) >= 11 is 3.07. The van der Waals surface area contributed by atoms with Crippen LogP contribution in [0.25, 0.3) is 10.4 Å². The fraction of sp³-hybridized carbons (Fsp3) is 0.312. The van der Waals surface area contributed by atoms with Crippen LogP contribution in [-0.4, -0.2) is 29.8 Å². The Kier molecular flexibility index (Phi) is 5.12. The van der Waals surface area contributed by atoms with Crippen LogP contribution in [0, 0.1) is 13.8 Å². The van der Waals surface area contributed by atoms with Gasteiger partial charge in [0.15, 0.2) is 0 Å². The van der Waals surface area contributed by atoms with E-state index in [9.17, 15) is 13.5 Å². The number of nitrogens with zero attached hydrogens (tertiary/aromatic N) is 2. The lowest BCUT2D eigenvalue weighted by atomic mass is 10.2. The molecule has 3 heterocycles. The van der Waals surface area contributed by atoms with Crippen LogP contribution < -0.4 is 4.72 Å². The van der Waals surface area contributed by atoms with E-state index in [1.165, 1.54) is 16.0 Å². The van der Waals surface area contributed by atoms with Crippen molar-refractivity contribution >= 4 is 32.7 Å². The minimum Gasteiger partial charge on any atom is -0.386 e. The molecule has 6 nitrogen and oxygen atoms in total. The molecule has 2 N–H and O–H groups in total. The van der Waals surface area contributed by atoms with Gasteiger partial charge < -0.3 is 5.11 Å². The van der Waals surface area contributed by atoms with Gasteiger partial charge in [-0.05, 0) is 42.8 Å². The van der Waals surface area contributed by atoms with Gasteiger partial charge in [0.1, 0.15) is 11.0 Å². The summed E-state index contributed by atoms with van der Waals surface area (Å²) in [5, 5.41) is 18.5. The third kappa shape index (κ3) is 3.70. The zero-order valence-electron chi connectivity index (χ0n) is 14.1. The first-order chi connectivity index (χ1) is 11.8. The zero-order chi connectivity index (χ0) is 18.2. The largest absolute Gasteiger partial charge is 0.386 e. The average molecular weight is 398 g/mol. The summed E-state index contributed by atoms with van der Waals surface area (Å²) in [4.78, 5) is 1.95. The first-order valence-corrected chi connectivity index (χ1v) is 10.8. The second kappa shape index (κ2) is 7.00. The number of aryl methyl sites for hydroxylation is 2.